The lowest BCUT2D eigenvalue weighted by molar-refractivity contribution is 0.103. The molecule has 3 aromatic carbocycles. The van der Waals surface area contributed by atoms with Gasteiger partial charge in [-0.2, -0.15) is 0 Å². The summed E-state index contributed by atoms with van der Waals surface area (Å²) in [5, 5.41) is 0. The van der Waals surface area contributed by atoms with Crippen molar-refractivity contribution in [3.8, 4) is 11.1 Å². The van der Waals surface area contributed by atoms with Crippen LogP contribution in [0.1, 0.15) is 100 Å². The molecule has 0 atom stereocenters. The second kappa shape index (κ2) is 10.5. The molecule has 2 nitrogen and oxygen atoms in total. The number of pyridine rings is 1. The number of aromatic nitrogens is 1. The van der Waals surface area contributed by atoms with E-state index in [1.165, 1.54) is 22.3 Å². The normalized spacial score (nSPS) is 12.8. The maximum Gasteiger partial charge on any atom is 0.193 e. The summed E-state index contributed by atoms with van der Waals surface area (Å²) in [5.74, 6) is 0.0385. The Labute approximate surface area is 241 Å². The van der Waals surface area contributed by atoms with Crippen LogP contribution in [-0.2, 0) is 16.2 Å². The fourth-order valence-corrected chi connectivity index (χ4v) is 5.23. The zero-order valence-electron chi connectivity index (χ0n) is 26.0. The zero-order chi connectivity index (χ0) is 29.5. The SMILES string of the molecule is Cc1ccc(C(C)(C)C(C)(C)c2ccc(-c3ccc(C(C)(C)C(C)(C)C)cc3)cc2)cc1C(=O)c1ccncc1. The van der Waals surface area contributed by atoms with E-state index in [2.05, 4.69) is 134 Å². The van der Waals surface area contributed by atoms with Gasteiger partial charge in [0.1, 0.15) is 0 Å². The first kappa shape index (κ1) is 29.5. The fourth-order valence-electron chi connectivity index (χ4n) is 5.23. The summed E-state index contributed by atoms with van der Waals surface area (Å²) in [5.41, 5.74) is 8.50. The van der Waals surface area contributed by atoms with Gasteiger partial charge >= 0.3 is 0 Å². The fraction of sp³-hybridized carbons (Fsp3) is 0.368. The maximum absolute atomic E-state index is 13.3. The van der Waals surface area contributed by atoms with Crippen molar-refractivity contribution in [1.82, 2.24) is 4.98 Å². The summed E-state index contributed by atoms with van der Waals surface area (Å²) >= 11 is 0. The molecule has 4 aromatic rings. The minimum atomic E-state index is -0.227. The van der Waals surface area contributed by atoms with Crippen LogP contribution < -0.4 is 0 Å². The Morgan fingerprint density at radius 2 is 0.975 bits per heavy atom. The average Bonchev–Trinajstić information content (AvgIpc) is 2.92. The summed E-state index contributed by atoms with van der Waals surface area (Å²) in [4.78, 5) is 17.4. The minimum absolute atomic E-state index is 0.0385. The van der Waals surface area contributed by atoms with Crippen molar-refractivity contribution in [2.45, 2.75) is 85.5 Å². The Morgan fingerprint density at radius 1 is 0.550 bits per heavy atom. The molecule has 0 aliphatic heterocycles. The first-order valence-electron chi connectivity index (χ1n) is 14.3. The number of hydrogen-bond donors (Lipinski definition) is 0. The van der Waals surface area contributed by atoms with Gasteiger partial charge in [-0.15, -0.1) is 0 Å². The third-order valence-electron chi connectivity index (χ3n) is 10.1. The number of rotatable bonds is 7. The molecule has 0 aliphatic carbocycles. The van der Waals surface area contributed by atoms with Crippen molar-refractivity contribution >= 4 is 5.78 Å². The highest BCUT2D eigenvalue weighted by Gasteiger charge is 2.40. The highest BCUT2D eigenvalue weighted by Crippen LogP contribution is 2.45. The third kappa shape index (κ3) is 5.29. The number of benzene rings is 3. The Morgan fingerprint density at radius 3 is 1.45 bits per heavy atom. The van der Waals surface area contributed by atoms with Gasteiger partial charge in [0.25, 0.3) is 0 Å². The Kier molecular flexibility index (Phi) is 7.71. The van der Waals surface area contributed by atoms with Gasteiger partial charge in [0.15, 0.2) is 5.78 Å². The minimum Gasteiger partial charge on any atom is -0.289 e. The van der Waals surface area contributed by atoms with Crippen molar-refractivity contribution in [3.05, 3.63) is 125 Å². The number of carbonyl (C=O) groups is 1. The maximum atomic E-state index is 13.3. The molecule has 0 spiro atoms. The van der Waals surface area contributed by atoms with Gasteiger partial charge in [0.2, 0.25) is 0 Å². The van der Waals surface area contributed by atoms with Crippen LogP contribution in [-0.4, -0.2) is 10.8 Å². The molecule has 0 bridgehead atoms. The Bertz CT molecular complexity index is 1480. The molecule has 0 saturated heterocycles. The van der Waals surface area contributed by atoms with Gasteiger partial charge in [-0.05, 0) is 80.2 Å². The molecule has 208 valence electrons. The van der Waals surface area contributed by atoms with E-state index in [1.54, 1.807) is 24.5 Å². The van der Waals surface area contributed by atoms with E-state index >= 15 is 0 Å². The smallest absolute Gasteiger partial charge is 0.193 e. The van der Waals surface area contributed by atoms with E-state index < -0.39 is 0 Å². The molecule has 1 aromatic heterocycles. The molecule has 0 unspecified atom stereocenters. The molecule has 40 heavy (non-hydrogen) atoms. The van der Waals surface area contributed by atoms with Crippen molar-refractivity contribution in [2.75, 3.05) is 0 Å². The number of carbonyl (C=O) groups excluding carboxylic acids is 1. The predicted molar refractivity (Wildman–Crippen MR) is 169 cm³/mol. The number of ketones is 1. The van der Waals surface area contributed by atoms with Crippen LogP contribution in [0.25, 0.3) is 11.1 Å². The van der Waals surface area contributed by atoms with Crippen LogP contribution in [0, 0.1) is 12.3 Å². The quantitative estimate of drug-likeness (QED) is 0.222. The van der Waals surface area contributed by atoms with Crippen LogP contribution in [0.5, 0.6) is 0 Å². The van der Waals surface area contributed by atoms with Crippen LogP contribution in [0.3, 0.4) is 0 Å². The van der Waals surface area contributed by atoms with E-state index in [-0.39, 0.29) is 27.4 Å². The highest BCUT2D eigenvalue weighted by atomic mass is 16.1. The molecule has 2 heteroatoms. The van der Waals surface area contributed by atoms with E-state index in [4.69, 9.17) is 0 Å². The Balaban J connectivity index is 1.62. The predicted octanol–water partition coefficient (Wildman–Crippen LogP) is 9.87. The van der Waals surface area contributed by atoms with Gasteiger partial charge < -0.3 is 0 Å². The molecule has 4 rings (SSSR count). The van der Waals surface area contributed by atoms with E-state index in [9.17, 15) is 4.79 Å². The molecular formula is C38H45NO. The van der Waals surface area contributed by atoms with Crippen molar-refractivity contribution in [1.29, 1.82) is 0 Å². The van der Waals surface area contributed by atoms with E-state index in [0.29, 0.717) is 5.56 Å². The van der Waals surface area contributed by atoms with Crippen LogP contribution >= 0.6 is 0 Å². The topological polar surface area (TPSA) is 30.0 Å². The standard InChI is InChI=1S/C38H45NO/c1-26-11-16-32(25-33(26)34(40)29-21-23-39-24-22-29)38(9,10)37(7,8)31-19-14-28(15-20-31)27-12-17-30(18-13-27)36(5,6)35(2,3)4/h11-25H,1-10H3. The van der Waals surface area contributed by atoms with Gasteiger partial charge in [-0.1, -0.05) is 123 Å². The number of hydrogen-bond acceptors (Lipinski definition) is 2. The van der Waals surface area contributed by atoms with Gasteiger partial charge in [-0.25, -0.2) is 0 Å². The second-order valence-electron chi connectivity index (χ2n) is 13.9. The summed E-state index contributed by atoms with van der Waals surface area (Å²) in [6.07, 6.45) is 3.34. The highest BCUT2D eigenvalue weighted by molar-refractivity contribution is 6.09. The largest absolute Gasteiger partial charge is 0.289 e. The first-order chi connectivity index (χ1) is 18.6. The molecule has 1 heterocycles. The Hall–Kier alpha value is -3.52. The van der Waals surface area contributed by atoms with Crippen LogP contribution in [0.15, 0.2) is 91.3 Å². The number of aryl methyl sites for hydroxylation is 1. The third-order valence-corrected chi connectivity index (χ3v) is 10.1. The molecule has 0 saturated carbocycles. The van der Waals surface area contributed by atoms with Crippen molar-refractivity contribution in [2.24, 2.45) is 5.41 Å². The summed E-state index contributed by atoms with van der Waals surface area (Å²) in [6, 6.07) is 28.0. The van der Waals surface area contributed by atoms with Gasteiger partial charge in [0, 0.05) is 23.5 Å². The second-order valence-corrected chi connectivity index (χ2v) is 13.9. The molecular weight excluding hydrogens is 486 g/mol. The molecule has 0 aliphatic rings. The lowest BCUT2D eigenvalue weighted by Crippen LogP contribution is -2.40. The van der Waals surface area contributed by atoms with Gasteiger partial charge in [0.05, 0.1) is 0 Å². The number of nitrogens with zero attached hydrogens (tertiary/aromatic N) is 1. The molecule has 0 N–H and O–H groups in total. The lowest BCUT2D eigenvalue weighted by atomic mass is 9.60. The van der Waals surface area contributed by atoms with Gasteiger partial charge in [-0.3, -0.25) is 9.78 Å². The summed E-state index contributed by atoms with van der Waals surface area (Å²) in [6.45, 7) is 22.7. The van der Waals surface area contributed by atoms with Crippen molar-refractivity contribution < 1.29 is 4.79 Å². The van der Waals surface area contributed by atoms with E-state index in [1.807, 2.05) is 6.92 Å². The molecule has 0 amide bonds. The zero-order valence-corrected chi connectivity index (χ0v) is 26.0. The van der Waals surface area contributed by atoms with Crippen LogP contribution in [0.2, 0.25) is 0 Å². The first-order valence-corrected chi connectivity index (χ1v) is 14.3. The van der Waals surface area contributed by atoms with Crippen molar-refractivity contribution in [3.63, 3.8) is 0 Å². The molecule has 0 fully saturated rings. The lowest BCUT2D eigenvalue weighted by Gasteiger charge is -2.43. The molecule has 0 radical (unpaired) electrons. The summed E-state index contributed by atoms with van der Waals surface area (Å²) in [7, 11) is 0. The van der Waals surface area contributed by atoms with E-state index in [0.717, 1.165) is 16.7 Å². The average molecular weight is 532 g/mol. The monoisotopic (exact) mass is 531 g/mol. The summed E-state index contributed by atoms with van der Waals surface area (Å²) < 4.78 is 0. The van der Waals surface area contributed by atoms with Crippen LogP contribution in [0.4, 0.5) is 0 Å².